The molecule has 2 amide bonds. The molecule has 6 nitrogen and oxygen atoms in total. The molecule has 9 heteroatoms. The first-order valence-electron chi connectivity index (χ1n) is 14.5. The minimum Gasteiger partial charge on any atom is -0.394 e. The summed E-state index contributed by atoms with van der Waals surface area (Å²) in [5.41, 5.74) is 2.11. The third-order valence-corrected chi connectivity index (χ3v) is 11.9. The summed E-state index contributed by atoms with van der Waals surface area (Å²) in [5.74, 6) is -0.771. The Bertz CT molecular complexity index is 1190. The molecule has 0 bridgehead atoms. The fraction of sp³-hybridized carbons (Fsp3) is 0.613. The summed E-state index contributed by atoms with van der Waals surface area (Å²) >= 11 is 3.57. The molecular formula is C31H44BrFN2O4Si. The lowest BCUT2D eigenvalue weighted by atomic mass is 9.82. The predicted octanol–water partition coefficient (Wildman–Crippen LogP) is 6.64. The number of allylic oxidation sites excluding steroid dienone is 3. The molecule has 0 saturated carbocycles. The van der Waals surface area contributed by atoms with Gasteiger partial charge in [-0.2, -0.15) is 0 Å². The number of amides is 2. The summed E-state index contributed by atoms with van der Waals surface area (Å²) in [6, 6.07) is 5.56. The lowest BCUT2D eigenvalue weighted by molar-refractivity contribution is -0.149. The molecule has 1 aromatic carbocycles. The van der Waals surface area contributed by atoms with E-state index in [0.717, 1.165) is 41.4 Å². The van der Waals surface area contributed by atoms with E-state index in [1.807, 2.05) is 25.1 Å². The Hall–Kier alpha value is -1.81. The zero-order valence-corrected chi connectivity index (χ0v) is 27.3. The highest BCUT2D eigenvalue weighted by Crippen LogP contribution is 2.60. The second-order valence-corrected chi connectivity index (χ2v) is 17.2. The lowest BCUT2D eigenvalue weighted by Gasteiger charge is -2.31. The molecule has 1 spiro atoms. The van der Waals surface area contributed by atoms with Gasteiger partial charge in [0.2, 0.25) is 14.3 Å². The summed E-state index contributed by atoms with van der Waals surface area (Å²) in [6.07, 6.45) is 7.06. The second-order valence-electron chi connectivity index (χ2n) is 12.5. The zero-order chi connectivity index (χ0) is 29.4. The number of carbonyl (C=O) groups excluding carboxylic acids is 2. The van der Waals surface area contributed by atoms with Crippen LogP contribution in [0.3, 0.4) is 0 Å². The highest BCUT2D eigenvalue weighted by Gasteiger charge is 2.67. The largest absolute Gasteiger partial charge is 0.394 e. The number of fused-ring (bicyclic) bond motifs is 2. The number of nitrogens with zero attached hydrogens (tertiary/aromatic N) is 2. The van der Waals surface area contributed by atoms with Crippen LogP contribution in [0.1, 0.15) is 65.4 Å². The van der Waals surface area contributed by atoms with E-state index in [2.05, 4.69) is 48.9 Å². The third kappa shape index (κ3) is 5.89. The molecule has 2 saturated heterocycles. The molecule has 5 atom stereocenters. The number of ether oxygens (including phenoxy) is 1. The number of benzene rings is 1. The normalized spacial score (nSPS) is 28.5. The molecule has 3 heterocycles. The number of rotatable bonds is 9. The van der Waals surface area contributed by atoms with Crippen molar-refractivity contribution in [1.29, 1.82) is 0 Å². The Labute approximate surface area is 247 Å². The van der Waals surface area contributed by atoms with Gasteiger partial charge in [-0.3, -0.25) is 9.59 Å². The average Bonchev–Trinajstić information content (AvgIpc) is 3.52. The molecule has 1 N–H and O–H groups in total. The van der Waals surface area contributed by atoms with Gasteiger partial charge < -0.3 is 23.8 Å². The summed E-state index contributed by atoms with van der Waals surface area (Å²) in [6.45, 7) is 12.4. The van der Waals surface area contributed by atoms with Gasteiger partial charge in [-0.05, 0) is 77.7 Å². The number of likely N-dealkylation sites (tertiary alicyclic amines) is 1. The molecule has 0 aliphatic carbocycles. The minimum atomic E-state index is -3.37. The van der Waals surface area contributed by atoms with Crippen LogP contribution in [0.25, 0.3) is 0 Å². The maximum Gasteiger partial charge on any atom is 0.264 e. The van der Waals surface area contributed by atoms with Crippen LogP contribution < -0.4 is 4.90 Å². The van der Waals surface area contributed by atoms with Crippen molar-refractivity contribution in [2.45, 2.75) is 96.2 Å². The van der Waals surface area contributed by atoms with Crippen LogP contribution in [0.2, 0.25) is 18.6 Å². The number of aliphatic hydroxyl groups is 1. The number of aliphatic hydroxyl groups excluding tert-OH is 1. The van der Waals surface area contributed by atoms with Gasteiger partial charge in [0.1, 0.15) is 0 Å². The summed E-state index contributed by atoms with van der Waals surface area (Å²) in [5, 5.41) is 9.76. The van der Waals surface area contributed by atoms with Gasteiger partial charge in [-0.15, -0.1) is 0 Å². The number of halogens is 2. The van der Waals surface area contributed by atoms with E-state index in [4.69, 9.17) is 4.74 Å². The van der Waals surface area contributed by atoms with Gasteiger partial charge in [-0.25, -0.2) is 0 Å². The van der Waals surface area contributed by atoms with Crippen molar-refractivity contribution >= 4 is 41.8 Å². The Morgan fingerprint density at radius 2 is 2.00 bits per heavy atom. The Morgan fingerprint density at radius 1 is 1.27 bits per heavy atom. The Kier molecular flexibility index (Phi) is 9.49. The van der Waals surface area contributed by atoms with Crippen LogP contribution in [0, 0.1) is 5.92 Å². The third-order valence-electron chi connectivity index (χ3n) is 8.92. The van der Waals surface area contributed by atoms with Gasteiger partial charge in [0.05, 0.1) is 30.9 Å². The molecule has 3 aliphatic rings. The van der Waals surface area contributed by atoms with E-state index in [0.29, 0.717) is 13.1 Å². The highest BCUT2D eigenvalue weighted by molar-refractivity contribution is 9.10. The van der Waals surface area contributed by atoms with Crippen LogP contribution >= 0.6 is 15.9 Å². The van der Waals surface area contributed by atoms with Crippen molar-refractivity contribution < 1.29 is 23.5 Å². The fourth-order valence-electron chi connectivity index (χ4n) is 6.98. The van der Waals surface area contributed by atoms with Crippen molar-refractivity contribution in [3.05, 3.63) is 51.5 Å². The van der Waals surface area contributed by atoms with Gasteiger partial charge in [0, 0.05) is 34.6 Å². The van der Waals surface area contributed by atoms with Crippen molar-refractivity contribution in [2.24, 2.45) is 5.92 Å². The van der Waals surface area contributed by atoms with E-state index in [1.165, 1.54) is 11.1 Å². The van der Waals surface area contributed by atoms with Gasteiger partial charge >= 0.3 is 0 Å². The number of hydrogen-bond donors (Lipinski definition) is 1. The molecule has 0 aromatic heterocycles. The van der Waals surface area contributed by atoms with Crippen LogP contribution in [0.4, 0.5) is 9.80 Å². The number of anilines is 1. The Balaban J connectivity index is 1.67. The van der Waals surface area contributed by atoms with Crippen molar-refractivity contribution in [3.63, 3.8) is 0 Å². The first-order chi connectivity index (χ1) is 18.8. The maximum atomic E-state index is 16.1. The van der Waals surface area contributed by atoms with E-state index < -0.39 is 31.6 Å². The summed E-state index contributed by atoms with van der Waals surface area (Å²) < 4.78 is 23.6. The van der Waals surface area contributed by atoms with Crippen LogP contribution in [-0.4, -0.2) is 62.1 Å². The van der Waals surface area contributed by atoms with Gasteiger partial charge in [0.25, 0.3) is 5.91 Å². The molecule has 4 rings (SSSR count). The van der Waals surface area contributed by atoms with Gasteiger partial charge in [-0.1, -0.05) is 46.2 Å². The molecule has 0 radical (unpaired) electrons. The van der Waals surface area contributed by atoms with E-state index in [9.17, 15) is 14.7 Å². The predicted molar refractivity (Wildman–Crippen MR) is 163 cm³/mol. The van der Waals surface area contributed by atoms with E-state index in [-0.39, 0.29) is 30.9 Å². The van der Waals surface area contributed by atoms with Crippen molar-refractivity contribution in [1.82, 2.24) is 4.90 Å². The zero-order valence-electron chi connectivity index (χ0n) is 24.7. The number of hydrogen-bond acceptors (Lipinski definition) is 4. The average molecular weight is 636 g/mol. The second kappa shape index (κ2) is 12.2. The van der Waals surface area contributed by atoms with Crippen LogP contribution in [-0.2, 0) is 19.9 Å². The van der Waals surface area contributed by atoms with Crippen molar-refractivity contribution in [3.8, 4) is 0 Å². The number of carbonyl (C=O) groups is 2. The molecule has 3 aliphatic heterocycles. The minimum absolute atomic E-state index is 0.00754. The maximum absolute atomic E-state index is 16.1. The molecule has 1 aromatic rings. The molecule has 40 heavy (non-hydrogen) atoms. The summed E-state index contributed by atoms with van der Waals surface area (Å²) in [7, 11) is -3.37. The van der Waals surface area contributed by atoms with Crippen molar-refractivity contribution in [2.75, 3.05) is 24.6 Å². The summed E-state index contributed by atoms with van der Waals surface area (Å²) in [4.78, 5) is 31.3. The highest BCUT2D eigenvalue weighted by atomic mass is 79.9. The monoisotopic (exact) mass is 634 g/mol. The molecule has 2 fully saturated rings. The Morgan fingerprint density at radius 3 is 2.65 bits per heavy atom. The standard InChI is InChI=1S/C31H44BrFN2O4Si/c1-20(2)9-7-10-21(3)14-16-35-26-13-12-23(32)17-25(26)31(30(35)38)22(4)29(40(5,6)33)27(39-31)18-28(37)34-15-8-11-24(34)19-36/h9,12-14,17,22,24,27,29,36H,7-8,10-11,15-16,18-19H2,1-6H3/b21-14+/t22-,24-,27+,29-,31+/m0/s1. The van der Waals surface area contributed by atoms with Gasteiger partial charge in [0.15, 0.2) is 5.60 Å². The van der Waals surface area contributed by atoms with Crippen LogP contribution in [0.5, 0.6) is 0 Å². The van der Waals surface area contributed by atoms with Crippen LogP contribution in [0.15, 0.2) is 46.0 Å². The van der Waals surface area contributed by atoms with E-state index in [1.54, 1.807) is 22.9 Å². The fourth-order valence-corrected chi connectivity index (χ4v) is 9.84. The smallest absolute Gasteiger partial charge is 0.264 e. The topological polar surface area (TPSA) is 70.1 Å². The molecule has 0 unspecified atom stereocenters. The SMILES string of the molecule is CC(C)=CCC/C(C)=C/CN1C(=O)[C@]2(O[C@H](CC(=O)N3CCC[C@H]3CO)[C@@H]([Si](C)(C)F)[C@@H]2C)c2cc(Br)ccc21. The quantitative estimate of drug-likeness (QED) is 0.188. The lowest BCUT2D eigenvalue weighted by Crippen LogP contribution is -2.45. The molecular weight excluding hydrogens is 591 g/mol. The van der Waals surface area contributed by atoms with E-state index >= 15 is 4.11 Å². The first-order valence-corrected chi connectivity index (χ1v) is 18.2. The first kappa shape index (κ1) is 31.1. The molecule has 220 valence electrons.